The fraction of sp³-hybridized carbons (Fsp3) is 0.333. The fourth-order valence-electron chi connectivity index (χ4n) is 1.25. The monoisotopic (exact) mass is 253 g/mol. The van der Waals surface area contributed by atoms with E-state index in [4.69, 9.17) is 5.11 Å². The number of aliphatic carboxylic acids is 1. The topological polar surface area (TPSA) is 66.4 Å². The van der Waals surface area contributed by atoms with Crippen molar-refractivity contribution < 1.29 is 14.7 Å². The van der Waals surface area contributed by atoms with Crippen LogP contribution in [-0.2, 0) is 4.79 Å². The number of carboxylic acid groups (broad SMARTS) is 1. The van der Waals surface area contributed by atoms with Gasteiger partial charge >= 0.3 is 5.97 Å². The van der Waals surface area contributed by atoms with Gasteiger partial charge in [-0.1, -0.05) is 13.3 Å². The molecule has 1 amide bonds. The van der Waals surface area contributed by atoms with Gasteiger partial charge in [0, 0.05) is 12.6 Å². The third-order valence-corrected chi connectivity index (χ3v) is 3.05. The van der Waals surface area contributed by atoms with Crippen LogP contribution in [0, 0.1) is 0 Å². The smallest absolute Gasteiger partial charge is 0.328 e. The molecule has 0 spiro atoms. The number of thiophene rings is 1. The molecular weight excluding hydrogens is 238 g/mol. The lowest BCUT2D eigenvalue weighted by atomic mass is 10.2. The first-order valence-corrected chi connectivity index (χ1v) is 6.29. The van der Waals surface area contributed by atoms with E-state index in [9.17, 15) is 9.59 Å². The second-order valence-corrected chi connectivity index (χ2v) is 4.40. The van der Waals surface area contributed by atoms with E-state index in [1.165, 1.54) is 17.4 Å². The van der Waals surface area contributed by atoms with Gasteiger partial charge in [0.1, 0.15) is 0 Å². The number of amides is 1. The van der Waals surface area contributed by atoms with Crippen molar-refractivity contribution in [2.75, 3.05) is 6.54 Å². The van der Waals surface area contributed by atoms with E-state index in [0.29, 0.717) is 17.0 Å². The Morgan fingerprint density at radius 3 is 2.94 bits per heavy atom. The molecule has 2 N–H and O–H groups in total. The molecular formula is C12H15NO3S. The van der Waals surface area contributed by atoms with Crippen molar-refractivity contribution in [3.63, 3.8) is 0 Å². The maximum Gasteiger partial charge on any atom is 0.328 e. The van der Waals surface area contributed by atoms with Gasteiger partial charge in [0.05, 0.1) is 4.88 Å². The summed E-state index contributed by atoms with van der Waals surface area (Å²) in [5, 5.41) is 13.1. The molecule has 0 aliphatic rings. The number of rotatable bonds is 6. The predicted octanol–water partition coefficient (Wildman–Crippen LogP) is 2.38. The van der Waals surface area contributed by atoms with Gasteiger partial charge in [-0.25, -0.2) is 4.79 Å². The van der Waals surface area contributed by atoms with Crippen molar-refractivity contribution in [3.05, 3.63) is 28.0 Å². The van der Waals surface area contributed by atoms with Crippen LogP contribution in [0.2, 0.25) is 0 Å². The minimum absolute atomic E-state index is 0.140. The summed E-state index contributed by atoms with van der Waals surface area (Å²) in [6.07, 6.45) is 4.44. The van der Waals surface area contributed by atoms with Gasteiger partial charge in [-0.3, -0.25) is 4.79 Å². The Labute approximate surface area is 104 Å². The Hall–Kier alpha value is -1.62. The van der Waals surface area contributed by atoms with E-state index < -0.39 is 5.97 Å². The van der Waals surface area contributed by atoms with Crippen molar-refractivity contribution >= 4 is 29.3 Å². The third-order valence-electron chi connectivity index (χ3n) is 2.12. The standard InChI is InChI=1S/C12H15NO3S/c1-2-3-7-13-12(16)11-9(6-8-17-11)4-5-10(14)15/h4-6,8H,2-3,7H2,1H3,(H,13,16)(H,14,15). The molecule has 0 atom stereocenters. The average Bonchev–Trinajstić information content (AvgIpc) is 2.74. The summed E-state index contributed by atoms with van der Waals surface area (Å²) in [7, 11) is 0. The second-order valence-electron chi connectivity index (χ2n) is 3.49. The molecule has 0 saturated carbocycles. The predicted molar refractivity (Wildman–Crippen MR) is 68.2 cm³/mol. The first-order chi connectivity index (χ1) is 8.15. The molecule has 1 aromatic rings. The Morgan fingerprint density at radius 1 is 1.53 bits per heavy atom. The summed E-state index contributed by atoms with van der Waals surface area (Å²) in [5.74, 6) is -1.16. The fourth-order valence-corrected chi connectivity index (χ4v) is 2.06. The van der Waals surface area contributed by atoms with E-state index in [-0.39, 0.29) is 5.91 Å². The van der Waals surface area contributed by atoms with Crippen LogP contribution in [0.3, 0.4) is 0 Å². The highest BCUT2D eigenvalue weighted by atomic mass is 32.1. The van der Waals surface area contributed by atoms with Crippen molar-refractivity contribution in [1.29, 1.82) is 0 Å². The molecule has 0 fully saturated rings. The molecule has 1 aromatic heterocycles. The van der Waals surface area contributed by atoms with Crippen molar-refractivity contribution in [2.45, 2.75) is 19.8 Å². The maximum atomic E-state index is 11.8. The number of nitrogens with one attached hydrogen (secondary N) is 1. The Balaban J connectivity index is 2.67. The summed E-state index contributed by atoms with van der Waals surface area (Å²) < 4.78 is 0. The van der Waals surface area contributed by atoms with Crippen LogP contribution < -0.4 is 5.32 Å². The maximum absolute atomic E-state index is 11.8. The zero-order chi connectivity index (χ0) is 12.7. The highest BCUT2D eigenvalue weighted by Crippen LogP contribution is 2.18. The van der Waals surface area contributed by atoms with Crippen LogP contribution in [0.15, 0.2) is 17.5 Å². The molecule has 0 aliphatic heterocycles. The molecule has 1 heterocycles. The Morgan fingerprint density at radius 2 is 2.29 bits per heavy atom. The van der Waals surface area contributed by atoms with Crippen molar-refractivity contribution in [3.8, 4) is 0 Å². The lowest BCUT2D eigenvalue weighted by molar-refractivity contribution is -0.131. The number of carbonyl (C=O) groups excluding carboxylic acids is 1. The minimum atomic E-state index is -1.02. The van der Waals surface area contributed by atoms with Gasteiger partial charge in [-0.15, -0.1) is 11.3 Å². The van der Waals surface area contributed by atoms with Crippen LogP contribution in [0.5, 0.6) is 0 Å². The summed E-state index contributed by atoms with van der Waals surface area (Å²) in [5.41, 5.74) is 0.645. The lowest BCUT2D eigenvalue weighted by Gasteiger charge is -2.02. The second kappa shape index (κ2) is 6.85. The molecule has 5 heteroatoms. The number of carbonyl (C=O) groups is 2. The third kappa shape index (κ3) is 4.40. The van der Waals surface area contributed by atoms with Crippen molar-refractivity contribution in [1.82, 2.24) is 5.32 Å². The van der Waals surface area contributed by atoms with Crippen LogP contribution >= 0.6 is 11.3 Å². The van der Waals surface area contributed by atoms with Gasteiger partial charge in [0.25, 0.3) is 5.91 Å². The largest absolute Gasteiger partial charge is 0.478 e. The summed E-state index contributed by atoms with van der Waals surface area (Å²) >= 11 is 1.31. The molecule has 4 nitrogen and oxygen atoms in total. The highest BCUT2D eigenvalue weighted by molar-refractivity contribution is 7.12. The van der Waals surface area contributed by atoms with Crippen LogP contribution in [0.25, 0.3) is 6.08 Å². The number of carboxylic acids is 1. The van der Waals surface area contributed by atoms with Crippen LogP contribution in [-0.4, -0.2) is 23.5 Å². The van der Waals surface area contributed by atoms with E-state index in [0.717, 1.165) is 18.9 Å². The van der Waals surface area contributed by atoms with Gasteiger partial charge in [0.2, 0.25) is 0 Å². The van der Waals surface area contributed by atoms with Crippen molar-refractivity contribution in [2.24, 2.45) is 0 Å². The average molecular weight is 253 g/mol. The molecule has 0 saturated heterocycles. The molecule has 0 aliphatic carbocycles. The molecule has 0 radical (unpaired) electrons. The van der Waals surface area contributed by atoms with Gasteiger partial charge in [-0.05, 0) is 29.5 Å². The van der Waals surface area contributed by atoms with Crippen LogP contribution in [0.1, 0.15) is 35.0 Å². The normalized spacial score (nSPS) is 10.6. The number of unbranched alkanes of at least 4 members (excludes halogenated alkanes) is 1. The van der Waals surface area contributed by atoms with E-state index in [2.05, 4.69) is 12.2 Å². The first-order valence-electron chi connectivity index (χ1n) is 5.42. The van der Waals surface area contributed by atoms with Gasteiger partial charge in [0.15, 0.2) is 0 Å². The number of hydrogen-bond donors (Lipinski definition) is 2. The quantitative estimate of drug-likeness (QED) is 0.604. The van der Waals surface area contributed by atoms with Gasteiger partial charge in [-0.2, -0.15) is 0 Å². The Bertz CT molecular complexity index is 423. The lowest BCUT2D eigenvalue weighted by Crippen LogP contribution is -2.23. The van der Waals surface area contributed by atoms with Crippen LogP contribution in [0.4, 0.5) is 0 Å². The minimum Gasteiger partial charge on any atom is -0.478 e. The Kier molecular flexibility index (Phi) is 5.42. The molecule has 0 bridgehead atoms. The summed E-state index contributed by atoms with van der Waals surface area (Å²) in [4.78, 5) is 22.7. The van der Waals surface area contributed by atoms with Gasteiger partial charge < -0.3 is 10.4 Å². The van der Waals surface area contributed by atoms with E-state index >= 15 is 0 Å². The molecule has 17 heavy (non-hydrogen) atoms. The highest BCUT2D eigenvalue weighted by Gasteiger charge is 2.10. The summed E-state index contributed by atoms with van der Waals surface area (Å²) in [6, 6.07) is 1.73. The zero-order valence-electron chi connectivity index (χ0n) is 9.60. The van der Waals surface area contributed by atoms with E-state index in [1.54, 1.807) is 11.4 Å². The zero-order valence-corrected chi connectivity index (χ0v) is 10.4. The molecule has 1 rings (SSSR count). The molecule has 92 valence electrons. The summed E-state index contributed by atoms with van der Waals surface area (Å²) in [6.45, 7) is 2.70. The SMILES string of the molecule is CCCCNC(=O)c1sccc1C=CC(=O)O. The van der Waals surface area contributed by atoms with E-state index in [1.807, 2.05) is 0 Å². The molecule has 0 aromatic carbocycles. The molecule has 0 unspecified atom stereocenters. The first kappa shape index (κ1) is 13.4. The number of hydrogen-bond acceptors (Lipinski definition) is 3.